The maximum atomic E-state index is 12.6. The summed E-state index contributed by atoms with van der Waals surface area (Å²) in [6, 6.07) is 16.7. The van der Waals surface area contributed by atoms with Crippen molar-refractivity contribution in [1.82, 2.24) is 10.6 Å². The predicted molar refractivity (Wildman–Crippen MR) is 105 cm³/mol. The van der Waals surface area contributed by atoms with E-state index in [0.29, 0.717) is 5.56 Å². The van der Waals surface area contributed by atoms with Gasteiger partial charge >= 0.3 is 0 Å². The summed E-state index contributed by atoms with van der Waals surface area (Å²) in [5.74, 6) is -0.226. The van der Waals surface area contributed by atoms with Crippen LogP contribution in [-0.2, 0) is 4.79 Å². The molecule has 0 saturated carbocycles. The van der Waals surface area contributed by atoms with Crippen molar-refractivity contribution in [2.45, 2.75) is 38.8 Å². The molecule has 0 heterocycles. The Hall–Kier alpha value is -2.82. The summed E-state index contributed by atoms with van der Waals surface area (Å²) in [6.45, 7) is 3.92. The third-order valence-corrected chi connectivity index (χ3v) is 4.22. The Balaban J connectivity index is 2.03. The molecular formula is C21H27N3O2. The highest BCUT2D eigenvalue weighted by atomic mass is 16.2. The van der Waals surface area contributed by atoms with E-state index in [0.717, 1.165) is 24.1 Å². The third kappa shape index (κ3) is 5.34. The molecule has 5 nitrogen and oxygen atoms in total. The van der Waals surface area contributed by atoms with Gasteiger partial charge in [-0.25, -0.2) is 0 Å². The molecule has 0 aliphatic rings. The minimum absolute atomic E-state index is 0.00449. The van der Waals surface area contributed by atoms with Crippen molar-refractivity contribution in [2.75, 3.05) is 12.4 Å². The fourth-order valence-electron chi connectivity index (χ4n) is 2.80. The second-order valence-corrected chi connectivity index (χ2v) is 6.29. The first-order chi connectivity index (χ1) is 12.5. The minimum Gasteiger partial charge on any atom is -0.374 e. The van der Waals surface area contributed by atoms with Gasteiger partial charge in [-0.15, -0.1) is 0 Å². The molecule has 3 N–H and O–H groups in total. The Morgan fingerprint density at radius 1 is 1.04 bits per heavy atom. The van der Waals surface area contributed by atoms with Gasteiger partial charge in [0.1, 0.15) is 6.04 Å². The van der Waals surface area contributed by atoms with Crippen molar-refractivity contribution in [2.24, 2.45) is 0 Å². The molecule has 5 heteroatoms. The van der Waals surface area contributed by atoms with Crippen molar-refractivity contribution in [3.8, 4) is 0 Å². The highest BCUT2D eigenvalue weighted by Gasteiger charge is 2.18. The molecule has 0 aliphatic heterocycles. The summed E-state index contributed by atoms with van der Waals surface area (Å²) in [6.07, 6.45) is 1.87. The molecule has 0 fully saturated rings. The lowest BCUT2D eigenvalue weighted by molar-refractivity contribution is -0.122. The first kappa shape index (κ1) is 19.5. The van der Waals surface area contributed by atoms with Crippen LogP contribution in [0.5, 0.6) is 0 Å². The zero-order chi connectivity index (χ0) is 18.9. The first-order valence-electron chi connectivity index (χ1n) is 8.99. The molecule has 26 heavy (non-hydrogen) atoms. The zero-order valence-electron chi connectivity index (χ0n) is 15.6. The number of benzene rings is 2. The second kappa shape index (κ2) is 9.61. The van der Waals surface area contributed by atoms with Crippen LogP contribution in [0.3, 0.4) is 0 Å². The molecule has 2 amide bonds. The highest BCUT2D eigenvalue weighted by molar-refractivity contribution is 5.95. The maximum Gasteiger partial charge on any atom is 0.251 e. The van der Waals surface area contributed by atoms with Crippen LogP contribution in [0.25, 0.3) is 0 Å². The number of carbonyl (C=O) groups excluding carboxylic acids is 2. The Morgan fingerprint density at radius 2 is 1.77 bits per heavy atom. The monoisotopic (exact) mass is 353 g/mol. The summed E-state index contributed by atoms with van der Waals surface area (Å²) in [4.78, 5) is 24.4. The fraction of sp³-hybridized carbons (Fsp3) is 0.333. The quantitative estimate of drug-likeness (QED) is 0.680. The van der Waals surface area contributed by atoms with Crippen molar-refractivity contribution >= 4 is 17.5 Å². The molecule has 2 unspecified atom stereocenters. The van der Waals surface area contributed by atoms with Gasteiger partial charge < -0.3 is 16.0 Å². The summed E-state index contributed by atoms with van der Waals surface area (Å²) in [7, 11) is 1.59. The highest BCUT2D eigenvalue weighted by Crippen LogP contribution is 2.19. The van der Waals surface area contributed by atoms with Gasteiger partial charge in [0.25, 0.3) is 5.91 Å². The number of nitrogens with one attached hydrogen (secondary N) is 3. The van der Waals surface area contributed by atoms with Gasteiger partial charge in [0.2, 0.25) is 5.91 Å². The van der Waals surface area contributed by atoms with Crippen LogP contribution in [0, 0.1) is 0 Å². The van der Waals surface area contributed by atoms with Crippen LogP contribution in [0.4, 0.5) is 5.69 Å². The number of hydrogen-bond acceptors (Lipinski definition) is 3. The van der Waals surface area contributed by atoms with E-state index in [4.69, 9.17) is 0 Å². The average Bonchev–Trinajstić information content (AvgIpc) is 2.67. The summed E-state index contributed by atoms with van der Waals surface area (Å²) >= 11 is 0. The van der Waals surface area contributed by atoms with E-state index in [1.807, 2.05) is 43.3 Å². The van der Waals surface area contributed by atoms with Gasteiger partial charge in [-0.2, -0.15) is 0 Å². The lowest BCUT2D eigenvalue weighted by Crippen LogP contribution is -2.39. The third-order valence-electron chi connectivity index (χ3n) is 4.22. The van der Waals surface area contributed by atoms with Crippen LogP contribution < -0.4 is 16.0 Å². The molecule has 2 atom stereocenters. The minimum atomic E-state index is -0.419. The van der Waals surface area contributed by atoms with Crippen LogP contribution in [-0.4, -0.2) is 24.9 Å². The molecule has 2 rings (SSSR count). The van der Waals surface area contributed by atoms with E-state index in [9.17, 15) is 9.59 Å². The smallest absolute Gasteiger partial charge is 0.251 e. The van der Waals surface area contributed by atoms with Gasteiger partial charge in [0.15, 0.2) is 0 Å². The molecule has 138 valence electrons. The van der Waals surface area contributed by atoms with Crippen LogP contribution in [0.1, 0.15) is 48.7 Å². The largest absolute Gasteiger partial charge is 0.374 e. The lowest BCUT2D eigenvalue weighted by Gasteiger charge is -2.22. The van der Waals surface area contributed by atoms with Crippen LogP contribution in [0.2, 0.25) is 0 Å². The number of rotatable bonds is 8. The molecule has 0 spiro atoms. The summed E-state index contributed by atoms with van der Waals surface area (Å²) < 4.78 is 0. The van der Waals surface area contributed by atoms with Crippen LogP contribution >= 0.6 is 0 Å². The summed E-state index contributed by atoms with van der Waals surface area (Å²) in [5.41, 5.74) is 2.40. The van der Waals surface area contributed by atoms with Crippen LogP contribution in [0.15, 0.2) is 54.6 Å². The molecule has 0 radical (unpaired) electrons. The predicted octanol–water partition coefficient (Wildman–Crippen LogP) is 3.50. The molecule has 0 aromatic heterocycles. The van der Waals surface area contributed by atoms with Crippen molar-refractivity contribution in [3.05, 3.63) is 65.7 Å². The van der Waals surface area contributed by atoms with Gasteiger partial charge in [0.05, 0.1) is 6.04 Å². The van der Waals surface area contributed by atoms with Gasteiger partial charge in [0, 0.05) is 18.3 Å². The second-order valence-electron chi connectivity index (χ2n) is 6.29. The van der Waals surface area contributed by atoms with Crippen molar-refractivity contribution < 1.29 is 9.59 Å². The van der Waals surface area contributed by atoms with Gasteiger partial charge in [-0.05, 0) is 37.1 Å². The number of anilines is 1. The molecule has 0 bridgehead atoms. The topological polar surface area (TPSA) is 70.2 Å². The van der Waals surface area contributed by atoms with E-state index in [2.05, 4.69) is 22.9 Å². The van der Waals surface area contributed by atoms with Crippen molar-refractivity contribution in [1.29, 1.82) is 0 Å². The van der Waals surface area contributed by atoms with E-state index in [1.165, 1.54) is 0 Å². The Kier molecular flexibility index (Phi) is 7.21. The number of carbonyl (C=O) groups is 2. The fourth-order valence-corrected chi connectivity index (χ4v) is 2.80. The standard InChI is InChI=1S/C21H27N3O2/c1-4-9-19(16-10-6-5-7-11-16)24-20(25)15(2)23-18-13-8-12-17(14-18)21(26)22-3/h5-8,10-15,19,23H,4,9H2,1-3H3,(H,22,26)(H,24,25). The maximum absolute atomic E-state index is 12.6. The SMILES string of the molecule is CCCC(NC(=O)C(C)Nc1cccc(C(=O)NC)c1)c1ccccc1. The van der Waals surface area contributed by atoms with E-state index >= 15 is 0 Å². The molecule has 0 saturated heterocycles. The van der Waals surface area contributed by atoms with E-state index in [-0.39, 0.29) is 17.9 Å². The normalized spacial score (nSPS) is 12.7. The first-order valence-corrected chi connectivity index (χ1v) is 8.99. The Morgan fingerprint density at radius 3 is 2.42 bits per heavy atom. The zero-order valence-corrected chi connectivity index (χ0v) is 15.6. The van der Waals surface area contributed by atoms with E-state index < -0.39 is 6.04 Å². The summed E-state index contributed by atoms with van der Waals surface area (Å²) in [5, 5.41) is 8.89. The Labute approximate surface area is 155 Å². The average molecular weight is 353 g/mol. The van der Waals surface area contributed by atoms with Crippen molar-refractivity contribution in [3.63, 3.8) is 0 Å². The number of amides is 2. The number of hydrogen-bond donors (Lipinski definition) is 3. The Bertz CT molecular complexity index is 731. The molecule has 2 aromatic rings. The van der Waals surface area contributed by atoms with Gasteiger partial charge in [-0.1, -0.05) is 49.7 Å². The molecule has 0 aliphatic carbocycles. The lowest BCUT2D eigenvalue weighted by atomic mass is 10.0. The van der Waals surface area contributed by atoms with Gasteiger partial charge in [-0.3, -0.25) is 9.59 Å². The van der Waals surface area contributed by atoms with E-state index in [1.54, 1.807) is 25.2 Å². The molecular weight excluding hydrogens is 326 g/mol. The molecule has 2 aromatic carbocycles.